The van der Waals surface area contributed by atoms with Gasteiger partial charge in [-0.05, 0) is 64.4 Å². The molecule has 1 aromatic carbocycles. The van der Waals surface area contributed by atoms with Crippen molar-refractivity contribution in [2.75, 3.05) is 44.7 Å². The van der Waals surface area contributed by atoms with E-state index in [0.717, 1.165) is 44.0 Å². The Kier molecular flexibility index (Phi) is 10.5. The maximum Gasteiger partial charge on any atom is 0.224 e. The largest absolute Gasteiger partial charge is 0.372 e. The Morgan fingerprint density at radius 1 is 1.17 bits per heavy atom. The number of anilines is 1. The normalized spacial score (nSPS) is 15.6. The number of hydrogen-bond donors (Lipinski definition) is 2. The molecule has 0 aliphatic carbocycles. The predicted molar refractivity (Wildman–Crippen MR) is 124 cm³/mol. The number of likely N-dealkylation sites (tertiary alicyclic amines) is 1. The maximum absolute atomic E-state index is 12.5. The van der Waals surface area contributed by atoms with E-state index in [9.17, 15) is 4.79 Å². The lowest BCUT2D eigenvalue weighted by Crippen LogP contribution is -2.45. The third-order valence-corrected chi connectivity index (χ3v) is 6.05. The van der Waals surface area contributed by atoms with Crippen LogP contribution in [0.1, 0.15) is 58.4 Å². The molecule has 1 heterocycles. The van der Waals surface area contributed by atoms with Crippen molar-refractivity contribution in [2.24, 2.45) is 0 Å². The number of benzene rings is 1. The Labute approximate surface area is 178 Å². The zero-order valence-corrected chi connectivity index (χ0v) is 19.0. The number of amides is 1. The highest BCUT2D eigenvalue weighted by molar-refractivity contribution is 5.80. The van der Waals surface area contributed by atoms with E-state index < -0.39 is 0 Å². The first kappa shape index (κ1) is 23.7. The highest BCUT2D eigenvalue weighted by Gasteiger charge is 2.18. The molecule has 0 bridgehead atoms. The fourth-order valence-corrected chi connectivity index (χ4v) is 3.91. The van der Waals surface area contributed by atoms with Gasteiger partial charge in [-0.1, -0.05) is 38.0 Å². The number of carbonyl (C=O) groups excluding carboxylic acids is 1. The molecule has 0 atom stereocenters. The van der Waals surface area contributed by atoms with E-state index in [1.165, 1.54) is 32.1 Å². The molecular weight excluding hydrogens is 360 g/mol. The Morgan fingerprint density at radius 2 is 1.90 bits per heavy atom. The van der Waals surface area contributed by atoms with Gasteiger partial charge in [-0.25, -0.2) is 0 Å². The summed E-state index contributed by atoms with van der Waals surface area (Å²) in [5.74, 6) is 0.113. The number of hydrogen-bond acceptors (Lipinski definition) is 4. The number of unbranched alkanes of at least 4 members (excludes halogenated alkanes) is 2. The second-order valence-corrected chi connectivity index (χ2v) is 8.64. The Bertz CT molecular complexity index is 596. The first-order valence-electron chi connectivity index (χ1n) is 11.5. The molecule has 164 valence electrons. The Balaban J connectivity index is 1.66. The van der Waals surface area contributed by atoms with Crippen LogP contribution < -0.4 is 15.5 Å². The average Bonchev–Trinajstić information content (AvgIpc) is 2.72. The van der Waals surface area contributed by atoms with Gasteiger partial charge in [0, 0.05) is 37.9 Å². The van der Waals surface area contributed by atoms with Gasteiger partial charge in [-0.15, -0.1) is 0 Å². The van der Waals surface area contributed by atoms with Crippen molar-refractivity contribution in [3.05, 3.63) is 29.8 Å². The molecule has 5 nitrogen and oxygen atoms in total. The molecule has 1 aromatic rings. The van der Waals surface area contributed by atoms with Crippen LogP contribution in [0, 0.1) is 0 Å². The second kappa shape index (κ2) is 12.9. The highest BCUT2D eigenvalue weighted by Crippen LogP contribution is 2.21. The zero-order valence-electron chi connectivity index (χ0n) is 19.0. The summed E-state index contributed by atoms with van der Waals surface area (Å²) in [6.45, 7) is 11.7. The summed E-state index contributed by atoms with van der Waals surface area (Å²) in [7, 11) is 2.09. The fourth-order valence-electron chi connectivity index (χ4n) is 3.91. The van der Waals surface area contributed by atoms with Crippen LogP contribution >= 0.6 is 0 Å². The molecule has 0 spiro atoms. The van der Waals surface area contributed by atoms with Crippen LogP contribution in [-0.2, 0) is 11.2 Å². The molecule has 1 saturated heterocycles. The molecule has 1 aliphatic rings. The summed E-state index contributed by atoms with van der Waals surface area (Å²) in [4.78, 5) is 17.2. The summed E-state index contributed by atoms with van der Waals surface area (Å²) in [5.41, 5.74) is 2.24. The van der Waals surface area contributed by atoms with Gasteiger partial charge in [0.1, 0.15) is 0 Å². The Morgan fingerprint density at radius 3 is 2.59 bits per heavy atom. The third kappa shape index (κ3) is 8.35. The topological polar surface area (TPSA) is 47.6 Å². The number of nitrogens with zero attached hydrogens (tertiary/aromatic N) is 2. The van der Waals surface area contributed by atoms with Crippen LogP contribution in [0.25, 0.3) is 0 Å². The van der Waals surface area contributed by atoms with Crippen LogP contribution in [0.4, 0.5) is 5.69 Å². The third-order valence-electron chi connectivity index (χ3n) is 6.05. The summed E-state index contributed by atoms with van der Waals surface area (Å²) in [6.07, 6.45) is 6.77. The van der Waals surface area contributed by atoms with Crippen molar-refractivity contribution in [1.82, 2.24) is 15.5 Å². The van der Waals surface area contributed by atoms with E-state index in [0.29, 0.717) is 18.5 Å². The minimum absolute atomic E-state index is 0.113. The molecule has 0 aromatic heterocycles. The molecule has 29 heavy (non-hydrogen) atoms. The van der Waals surface area contributed by atoms with Crippen molar-refractivity contribution in [1.29, 1.82) is 0 Å². The first-order valence-corrected chi connectivity index (χ1v) is 11.5. The standard InChI is InChI=1S/C24H42N4O/c1-5-6-9-14-25-22-12-16-28(17-13-22)18-15-26-24(29)19-21-10-7-8-11-23(21)27(4)20(2)3/h7-8,10-11,20,22,25H,5-6,9,12-19H2,1-4H3,(H,26,29). The SMILES string of the molecule is CCCCCNC1CCN(CCNC(=O)Cc2ccccc2N(C)C(C)C)CC1. The lowest BCUT2D eigenvalue weighted by atomic mass is 10.0. The summed E-state index contributed by atoms with van der Waals surface area (Å²) in [6, 6.07) is 9.30. The predicted octanol–water partition coefficient (Wildman–Crippen LogP) is 3.43. The van der Waals surface area contributed by atoms with E-state index in [2.05, 4.69) is 60.4 Å². The van der Waals surface area contributed by atoms with Gasteiger partial charge in [0.25, 0.3) is 0 Å². The summed E-state index contributed by atoms with van der Waals surface area (Å²) >= 11 is 0. The van der Waals surface area contributed by atoms with E-state index in [1.807, 2.05) is 12.1 Å². The molecule has 0 radical (unpaired) electrons. The quantitative estimate of drug-likeness (QED) is 0.526. The molecule has 1 aliphatic heterocycles. The van der Waals surface area contributed by atoms with Crippen molar-refractivity contribution < 1.29 is 4.79 Å². The van der Waals surface area contributed by atoms with Crippen LogP contribution in [0.2, 0.25) is 0 Å². The molecular formula is C24H42N4O. The minimum atomic E-state index is 0.113. The van der Waals surface area contributed by atoms with Crippen LogP contribution in [0.5, 0.6) is 0 Å². The van der Waals surface area contributed by atoms with Gasteiger partial charge >= 0.3 is 0 Å². The monoisotopic (exact) mass is 402 g/mol. The van der Waals surface area contributed by atoms with Crippen LogP contribution in [-0.4, -0.2) is 62.7 Å². The van der Waals surface area contributed by atoms with Crippen molar-refractivity contribution >= 4 is 11.6 Å². The summed E-state index contributed by atoms with van der Waals surface area (Å²) < 4.78 is 0. The summed E-state index contributed by atoms with van der Waals surface area (Å²) in [5, 5.41) is 6.82. The second-order valence-electron chi connectivity index (χ2n) is 8.64. The van der Waals surface area contributed by atoms with Crippen LogP contribution in [0.15, 0.2) is 24.3 Å². The fraction of sp³-hybridized carbons (Fsp3) is 0.708. The van der Waals surface area contributed by atoms with Gasteiger partial charge in [0.15, 0.2) is 0 Å². The number of piperidine rings is 1. The number of rotatable bonds is 12. The molecule has 1 fully saturated rings. The van der Waals surface area contributed by atoms with Gasteiger partial charge in [-0.2, -0.15) is 0 Å². The van der Waals surface area contributed by atoms with E-state index in [1.54, 1.807) is 0 Å². The zero-order chi connectivity index (χ0) is 21.1. The smallest absolute Gasteiger partial charge is 0.224 e. The van der Waals surface area contributed by atoms with E-state index >= 15 is 0 Å². The van der Waals surface area contributed by atoms with Gasteiger partial charge in [0.2, 0.25) is 5.91 Å². The average molecular weight is 403 g/mol. The number of para-hydroxylation sites is 1. The van der Waals surface area contributed by atoms with Crippen LogP contribution in [0.3, 0.4) is 0 Å². The van der Waals surface area contributed by atoms with Crippen molar-refractivity contribution in [2.45, 2.75) is 71.4 Å². The number of nitrogens with one attached hydrogen (secondary N) is 2. The van der Waals surface area contributed by atoms with Gasteiger partial charge in [0.05, 0.1) is 6.42 Å². The lowest BCUT2D eigenvalue weighted by molar-refractivity contribution is -0.120. The van der Waals surface area contributed by atoms with Gasteiger partial charge in [-0.3, -0.25) is 4.79 Å². The molecule has 1 amide bonds. The van der Waals surface area contributed by atoms with E-state index in [-0.39, 0.29) is 5.91 Å². The van der Waals surface area contributed by atoms with Crippen molar-refractivity contribution in [3.8, 4) is 0 Å². The van der Waals surface area contributed by atoms with Gasteiger partial charge < -0.3 is 20.4 Å². The highest BCUT2D eigenvalue weighted by atomic mass is 16.1. The molecule has 0 saturated carbocycles. The maximum atomic E-state index is 12.5. The Hall–Kier alpha value is -1.59. The molecule has 2 N–H and O–H groups in total. The first-order chi connectivity index (χ1) is 14.0. The molecule has 5 heteroatoms. The molecule has 0 unspecified atom stereocenters. The molecule has 2 rings (SSSR count). The van der Waals surface area contributed by atoms with Crippen molar-refractivity contribution in [3.63, 3.8) is 0 Å². The van der Waals surface area contributed by atoms with E-state index in [4.69, 9.17) is 0 Å². The lowest BCUT2D eigenvalue weighted by Gasteiger charge is -2.32. The minimum Gasteiger partial charge on any atom is -0.372 e. The number of carbonyl (C=O) groups is 1.